The Morgan fingerprint density at radius 2 is 1.57 bits per heavy atom. The predicted octanol–water partition coefficient (Wildman–Crippen LogP) is 4.38. The summed E-state index contributed by atoms with van der Waals surface area (Å²) in [5, 5.41) is 0. The van der Waals surface area contributed by atoms with E-state index in [2.05, 4.69) is 0 Å². The number of sulfone groups is 1. The first-order valence-corrected chi connectivity index (χ1v) is 12.6. The highest BCUT2D eigenvalue weighted by molar-refractivity contribution is 7.92. The monoisotopic (exact) mass is 486 g/mol. The van der Waals surface area contributed by atoms with Crippen LogP contribution in [0.5, 0.6) is 11.5 Å². The molecule has 0 amide bonds. The fourth-order valence-electron chi connectivity index (χ4n) is 4.33. The second-order valence-electron chi connectivity index (χ2n) is 8.51. The van der Waals surface area contributed by atoms with Crippen LogP contribution in [0.25, 0.3) is 27.9 Å². The second kappa shape index (κ2) is 7.71. The van der Waals surface area contributed by atoms with Crippen molar-refractivity contribution in [1.82, 2.24) is 14.5 Å². The summed E-state index contributed by atoms with van der Waals surface area (Å²) in [5.41, 5.74) is 10.9. The maximum absolute atomic E-state index is 13.9. The van der Waals surface area contributed by atoms with E-state index in [0.717, 1.165) is 11.1 Å². The van der Waals surface area contributed by atoms with Crippen LogP contribution in [0.3, 0.4) is 0 Å². The zero-order chi connectivity index (χ0) is 24.3. The summed E-state index contributed by atoms with van der Waals surface area (Å²) in [6.07, 6.45) is 0. The Morgan fingerprint density at radius 1 is 0.857 bits per heavy atom. The normalized spacial score (nSPS) is 13.4. The summed E-state index contributed by atoms with van der Waals surface area (Å²) < 4.78 is 40.9. The summed E-state index contributed by atoms with van der Waals surface area (Å²) >= 11 is 0. The number of aryl methyl sites for hydroxylation is 2. The molecular formula is C26H22N4O4S. The first kappa shape index (κ1) is 21.4. The Balaban J connectivity index is 1.68. The van der Waals surface area contributed by atoms with Gasteiger partial charge in [-0.3, -0.25) is 4.57 Å². The summed E-state index contributed by atoms with van der Waals surface area (Å²) in [5.74, 6) is 1.21. The van der Waals surface area contributed by atoms with Crippen molar-refractivity contribution in [2.75, 3.05) is 18.9 Å². The first-order valence-electron chi connectivity index (χ1n) is 11.1. The number of anilines is 1. The largest absolute Gasteiger partial charge is 0.486 e. The molecule has 9 heteroatoms. The molecule has 0 saturated carbocycles. The maximum atomic E-state index is 13.9. The third-order valence-corrected chi connectivity index (χ3v) is 8.11. The number of hydrogen-bond donors (Lipinski definition) is 1. The van der Waals surface area contributed by atoms with Crippen LogP contribution in [0, 0.1) is 13.8 Å². The van der Waals surface area contributed by atoms with Gasteiger partial charge in [0.05, 0.1) is 21.6 Å². The molecule has 1 aliphatic rings. The lowest BCUT2D eigenvalue weighted by Crippen LogP contribution is -2.15. The molecule has 176 valence electrons. The van der Waals surface area contributed by atoms with Gasteiger partial charge in [0.1, 0.15) is 29.4 Å². The standard InChI is InChI=1S/C26H22N4O4S/c1-15-7-9-18(13-16(15)2)35(31,32)24-23-26(29-20-6-4-3-5-19(20)28-23)30(25(24)27)17-8-10-21-22(14-17)34-12-11-33-21/h3-10,13-14H,11-12,27H2,1-2H3. The topological polar surface area (TPSA) is 109 Å². The van der Waals surface area contributed by atoms with Crippen molar-refractivity contribution in [3.8, 4) is 17.2 Å². The molecule has 2 aromatic heterocycles. The van der Waals surface area contributed by atoms with Gasteiger partial charge in [-0.2, -0.15) is 0 Å². The van der Waals surface area contributed by atoms with Crippen LogP contribution in [0.1, 0.15) is 11.1 Å². The SMILES string of the molecule is Cc1ccc(S(=O)(=O)c2c(N)n(-c3ccc4c(c3)OCCO4)c3nc4ccccc4nc23)cc1C. The Kier molecular flexibility index (Phi) is 4.72. The van der Waals surface area contributed by atoms with Crippen LogP contribution in [0.2, 0.25) is 0 Å². The van der Waals surface area contributed by atoms with E-state index in [9.17, 15) is 8.42 Å². The van der Waals surface area contributed by atoms with Gasteiger partial charge in [0.15, 0.2) is 17.1 Å². The van der Waals surface area contributed by atoms with Crippen LogP contribution in [-0.2, 0) is 9.84 Å². The quantitative estimate of drug-likeness (QED) is 0.403. The van der Waals surface area contributed by atoms with E-state index in [4.69, 9.17) is 25.2 Å². The van der Waals surface area contributed by atoms with Gasteiger partial charge < -0.3 is 15.2 Å². The molecule has 0 saturated heterocycles. The van der Waals surface area contributed by atoms with Gasteiger partial charge in [0.2, 0.25) is 9.84 Å². The van der Waals surface area contributed by atoms with Gasteiger partial charge in [0, 0.05) is 6.07 Å². The van der Waals surface area contributed by atoms with Crippen molar-refractivity contribution in [2.24, 2.45) is 0 Å². The predicted molar refractivity (Wildman–Crippen MR) is 133 cm³/mol. The number of benzene rings is 3. The minimum absolute atomic E-state index is 0.0326. The number of fused-ring (bicyclic) bond motifs is 3. The number of nitrogens with zero attached hydrogens (tertiary/aromatic N) is 3. The maximum Gasteiger partial charge on any atom is 0.212 e. The molecule has 0 bridgehead atoms. The molecule has 0 spiro atoms. The van der Waals surface area contributed by atoms with Crippen molar-refractivity contribution in [1.29, 1.82) is 0 Å². The van der Waals surface area contributed by atoms with Crippen molar-refractivity contribution in [3.63, 3.8) is 0 Å². The van der Waals surface area contributed by atoms with Crippen molar-refractivity contribution in [2.45, 2.75) is 23.6 Å². The van der Waals surface area contributed by atoms with Gasteiger partial charge in [-0.15, -0.1) is 0 Å². The van der Waals surface area contributed by atoms with Crippen molar-refractivity contribution >= 4 is 37.9 Å². The van der Waals surface area contributed by atoms with Crippen LogP contribution < -0.4 is 15.2 Å². The van der Waals surface area contributed by atoms with Crippen LogP contribution in [-0.4, -0.2) is 36.2 Å². The molecule has 0 unspecified atom stereocenters. The molecule has 0 aliphatic carbocycles. The number of ether oxygens (including phenoxy) is 2. The number of nitrogens with two attached hydrogens (primary N) is 1. The Bertz CT molecular complexity index is 1760. The zero-order valence-electron chi connectivity index (χ0n) is 19.1. The Labute approximate surface area is 201 Å². The number of nitrogen functional groups attached to an aromatic ring is 1. The van der Waals surface area contributed by atoms with Crippen molar-refractivity contribution < 1.29 is 17.9 Å². The summed E-state index contributed by atoms with van der Waals surface area (Å²) in [7, 11) is -4.01. The van der Waals surface area contributed by atoms with E-state index >= 15 is 0 Å². The molecule has 0 radical (unpaired) electrons. The van der Waals surface area contributed by atoms with Crippen LogP contribution in [0.4, 0.5) is 5.82 Å². The minimum Gasteiger partial charge on any atom is -0.486 e. The van der Waals surface area contributed by atoms with Gasteiger partial charge in [-0.05, 0) is 61.4 Å². The van der Waals surface area contributed by atoms with Crippen LogP contribution >= 0.6 is 0 Å². The van der Waals surface area contributed by atoms with E-state index in [0.29, 0.717) is 47.1 Å². The molecule has 0 fully saturated rings. The summed E-state index contributed by atoms with van der Waals surface area (Å²) in [6, 6.07) is 17.7. The number of rotatable bonds is 3. The molecule has 0 atom stereocenters. The van der Waals surface area contributed by atoms with Gasteiger partial charge in [-0.25, -0.2) is 18.4 Å². The lowest BCUT2D eigenvalue weighted by atomic mass is 10.1. The molecule has 6 rings (SSSR count). The number of aromatic nitrogens is 3. The zero-order valence-corrected chi connectivity index (χ0v) is 20.0. The minimum atomic E-state index is -4.01. The van der Waals surface area contributed by atoms with E-state index < -0.39 is 9.84 Å². The van der Waals surface area contributed by atoms with E-state index in [1.165, 1.54) is 0 Å². The molecule has 1 aliphatic heterocycles. The third kappa shape index (κ3) is 3.30. The number of hydrogen-bond acceptors (Lipinski definition) is 7. The highest BCUT2D eigenvalue weighted by atomic mass is 32.2. The fourth-order valence-corrected chi connectivity index (χ4v) is 5.91. The van der Waals surface area contributed by atoms with Gasteiger partial charge in [0.25, 0.3) is 0 Å². The molecule has 35 heavy (non-hydrogen) atoms. The molecule has 3 aromatic carbocycles. The Morgan fingerprint density at radius 3 is 2.31 bits per heavy atom. The van der Waals surface area contributed by atoms with E-state index in [1.807, 2.05) is 32.0 Å². The number of para-hydroxylation sites is 2. The fraction of sp³-hybridized carbons (Fsp3) is 0.154. The molecule has 3 heterocycles. The van der Waals surface area contributed by atoms with Crippen molar-refractivity contribution in [3.05, 3.63) is 71.8 Å². The smallest absolute Gasteiger partial charge is 0.212 e. The average Bonchev–Trinajstić information content (AvgIpc) is 3.15. The van der Waals surface area contributed by atoms with Gasteiger partial charge in [-0.1, -0.05) is 18.2 Å². The Hall–Kier alpha value is -4.11. The van der Waals surface area contributed by atoms with Gasteiger partial charge >= 0.3 is 0 Å². The average molecular weight is 487 g/mol. The highest BCUT2D eigenvalue weighted by Gasteiger charge is 2.31. The summed E-state index contributed by atoms with van der Waals surface area (Å²) in [6.45, 7) is 4.71. The van der Waals surface area contributed by atoms with Crippen LogP contribution in [0.15, 0.2) is 70.5 Å². The highest BCUT2D eigenvalue weighted by Crippen LogP contribution is 2.39. The summed E-state index contributed by atoms with van der Waals surface area (Å²) in [4.78, 5) is 9.57. The molecular weight excluding hydrogens is 464 g/mol. The first-order chi connectivity index (χ1) is 16.8. The lowest BCUT2D eigenvalue weighted by Gasteiger charge is -2.19. The van der Waals surface area contributed by atoms with E-state index in [1.54, 1.807) is 47.0 Å². The molecule has 8 nitrogen and oxygen atoms in total. The third-order valence-electron chi connectivity index (χ3n) is 6.29. The van der Waals surface area contributed by atoms with E-state index in [-0.39, 0.29) is 21.1 Å². The lowest BCUT2D eigenvalue weighted by molar-refractivity contribution is 0.171. The molecule has 2 N–H and O–H groups in total. The molecule has 5 aromatic rings. The second-order valence-corrected chi connectivity index (χ2v) is 10.4.